The van der Waals surface area contributed by atoms with Gasteiger partial charge in [-0.1, -0.05) is 18.2 Å². The summed E-state index contributed by atoms with van der Waals surface area (Å²) in [5, 5.41) is 13.5. The van der Waals surface area contributed by atoms with Gasteiger partial charge in [-0.25, -0.2) is 0 Å². The number of hydrogen-bond donors (Lipinski definition) is 2. The summed E-state index contributed by atoms with van der Waals surface area (Å²) in [7, 11) is 1.82. The number of rotatable bonds is 1. The molecule has 5 aliphatic rings. The van der Waals surface area contributed by atoms with Crippen LogP contribution in [0.25, 0.3) is 0 Å². The van der Waals surface area contributed by atoms with Crippen LogP contribution in [0.2, 0.25) is 0 Å². The van der Waals surface area contributed by atoms with Gasteiger partial charge in [0.2, 0.25) is 11.8 Å². The first-order valence-electron chi connectivity index (χ1n) is 8.99. The van der Waals surface area contributed by atoms with Crippen LogP contribution in [0.3, 0.4) is 0 Å². The van der Waals surface area contributed by atoms with E-state index in [2.05, 4.69) is 5.32 Å². The predicted molar refractivity (Wildman–Crippen MR) is 87.7 cm³/mol. The van der Waals surface area contributed by atoms with Gasteiger partial charge in [-0.3, -0.25) is 9.59 Å². The standard InChI is InChI=1S/C19H20N2O4/c1-21-14-9-7-25-13-6-11(9)18(8-22,17(21)24)15(14)19(13)10-4-2-3-5-12(10)20-16(19)23/h2-5,9,11,13-15,22H,6-8H2,1H3,(H,20,23)/t9-,11+,13+,14+,15-,18+,19-/m1/s1. The molecule has 0 unspecified atom stereocenters. The molecule has 1 spiro atoms. The summed E-state index contributed by atoms with van der Waals surface area (Å²) in [5.41, 5.74) is 0.0140. The number of carbonyl (C=O) groups excluding carboxylic acids is 2. The molecule has 1 aromatic rings. The molecule has 6 rings (SSSR count). The van der Waals surface area contributed by atoms with Crippen molar-refractivity contribution in [2.75, 3.05) is 25.6 Å². The van der Waals surface area contributed by atoms with Crippen molar-refractivity contribution in [3.63, 3.8) is 0 Å². The highest BCUT2D eigenvalue weighted by Crippen LogP contribution is 2.73. The Balaban J connectivity index is 1.70. The molecule has 6 nitrogen and oxygen atoms in total. The molecule has 2 amide bonds. The molecule has 1 aromatic carbocycles. The lowest BCUT2D eigenvalue weighted by molar-refractivity contribution is -0.180. The lowest BCUT2D eigenvalue weighted by atomic mass is 9.51. The number of likely N-dealkylation sites (tertiary alicyclic amines) is 1. The van der Waals surface area contributed by atoms with Gasteiger partial charge in [-0.2, -0.15) is 0 Å². The molecule has 0 radical (unpaired) electrons. The topological polar surface area (TPSA) is 78.9 Å². The van der Waals surface area contributed by atoms with E-state index in [0.29, 0.717) is 13.0 Å². The van der Waals surface area contributed by atoms with Crippen molar-refractivity contribution in [1.82, 2.24) is 4.90 Å². The van der Waals surface area contributed by atoms with Crippen molar-refractivity contribution in [3.8, 4) is 0 Å². The van der Waals surface area contributed by atoms with Crippen molar-refractivity contribution in [2.45, 2.75) is 24.0 Å². The number of piperidine rings is 1. The highest BCUT2D eigenvalue weighted by Gasteiger charge is 2.83. The molecule has 3 aliphatic heterocycles. The monoisotopic (exact) mass is 340 g/mol. The van der Waals surface area contributed by atoms with Crippen LogP contribution in [0, 0.1) is 23.2 Å². The first-order chi connectivity index (χ1) is 12.1. The van der Waals surface area contributed by atoms with E-state index < -0.39 is 10.8 Å². The molecule has 130 valence electrons. The van der Waals surface area contributed by atoms with Crippen LogP contribution in [0.4, 0.5) is 5.69 Å². The van der Waals surface area contributed by atoms with Crippen LogP contribution in [-0.2, 0) is 19.7 Å². The van der Waals surface area contributed by atoms with Crippen molar-refractivity contribution < 1.29 is 19.4 Å². The van der Waals surface area contributed by atoms with Crippen LogP contribution in [0.1, 0.15) is 12.0 Å². The van der Waals surface area contributed by atoms with E-state index >= 15 is 0 Å². The summed E-state index contributed by atoms with van der Waals surface area (Å²) in [4.78, 5) is 28.3. The molecule has 7 atom stereocenters. The number of nitrogens with zero attached hydrogens (tertiary/aromatic N) is 1. The summed E-state index contributed by atoms with van der Waals surface area (Å²) in [6, 6.07) is 7.69. The molecular formula is C19H20N2O4. The van der Waals surface area contributed by atoms with E-state index in [1.54, 1.807) is 4.90 Å². The average molecular weight is 340 g/mol. The first-order valence-corrected chi connectivity index (χ1v) is 8.99. The van der Waals surface area contributed by atoms with E-state index in [-0.39, 0.29) is 48.3 Å². The Labute approximate surface area is 145 Å². The third-order valence-electron chi connectivity index (χ3n) is 7.89. The number of hydrogen-bond acceptors (Lipinski definition) is 4. The van der Waals surface area contributed by atoms with Crippen LogP contribution >= 0.6 is 0 Å². The smallest absolute Gasteiger partial charge is 0.238 e. The van der Waals surface area contributed by atoms with E-state index in [1.807, 2.05) is 31.3 Å². The summed E-state index contributed by atoms with van der Waals surface area (Å²) in [6.07, 6.45) is 0.436. The summed E-state index contributed by atoms with van der Waals surface area (Å²) in [6.45, 7) is 0.371. The quantitative estimate of drug-likeness (QED) is 0.774. The minimum atomic E-state index is -0.883. The van der Waals surface area contributed by atoms with Gasteiger partial charge in [0.15, 0.2) is 0 Å². The van der Waals surface area contributed by atoms with Crippen molar-refractivity contribution in [1.29, 1.82) is 0 Å². The van der Waals surface area contributed by atoms with E-state index in [1.165, 1.54) is 0 Å². The Kier molecular flexibility index (Phi) is 2.33. The molecule has 0 aromatic heterocycles. The predicted octanol–water partition coefficient (Wildman–Crippen LogP) is 0.360. The molecular weight excluding hydrogens is 320 g/mol. The van der Waals surface area contributed by atoms with Crippen LogP contribution in [-0.4, -0.2) is 54.2 Å². The number of nitrogens with one attached hydrogen (secondary N) is 1. The van der Waals surface area contributed by atoms with E-state index in [4.69, 9.17) is 4.74 Å². The fourth-order valence-corrected chi connectivity index (χ4v) is 7.20. The number of carbonyl (C=O) groups is 2. The molecule has 25 heavy (non-hydrogen) atoms. The average Bonchev–Trinajstić information content (AvgIpc) is 3.08. The largest absolute Gasteiger partial charge is 0.395 e. The minimum absolute atomic E-state index is 0.00292. The summed E-state index contributed by atoms with van der Waals surface area (Å²) < 4.78 is 6.21. The molecule has 2 N–H and O–H groups in total. The molecule has 3 heterocycles. The Morgan fingerprint density at radius 2 is 2.16 bits per heavy atom. The second-order valence-electron chi connectivity index (χ2n) is 8.28. The molecule has 6 heteroatoms. The Morgan fingerprint density at radius 3 is 2.96 bits per heavy atom. The Morgan fingerprint density at radius 1 is 1.36 bits per heavy atom. The lowest BCUT2D eigenvalue weighted by Crippen LogP contribution is -2.64. The van der Waals surface area contributed by atoms with Gasteiger partial charge in [-0.05, 0) is 24.0 Å². The molecule has 5 bridgehead atoms. The molecule has 2 aliphatic carbocycles. The zero-order valence-electron chi connectivity index (χ0n) is 13.9. The highest BCUT2D eigenvalue weighted by molar-refractivity contribution is 6.09. The van der Waals surface area contributed by atoms with E-state index in [9.17, 15) is 14.7 Å². The maximum Gasteiger partial charge on any atom is 0.238 e. The number of benzene rings is 1. The van der Waals surface area contributed by atoms with Gasteiger partial charge >= 0.3 is 0 Å². The highest BCUT2D eigenvalue weighted by atomic mass is 16.5. The SMILES string of the molecule is CN1C(=O)[C@]2(CO)[C@H]3[C@@H]1[C@@H]1CO[C@@H](C[C@@H]12)[C@@]31C(=O)Nc2ccccc21. The number of aliphatic hydroxyl groups is 1. The maximum atomic E-state index is 13.4. The number of anilines is 1. The van der Waals surface area contributed by atoms with E-state index in [0.717, 1.165) is 11.3 Å². The molecule has 2 saturated carbocycles. The van der Waals surface area contributed by atoms with Gasteiger partial charge in [0.25, 0.3) is 0 Å². The fourth-order valence-electron chi connectivity index (χ4n) is 7.20. The number of aliphatic hydroxyl groups excluding tert-OH is 1. The first kappa shape index (κ1) is 14.3. The van der Waals surface area contributed by atoms with Crippen LogP contribution < -0.4 is 5.32 Å². The molecule has 4 fully saturated rings. The minimum Gasteiger partial charge on any atom is -0.395 e. The van der Waals surface area contributed by atoms with Gasteiger partial charge < -0.3 is 20.1 Å². The van der Waals surface area contributed by atoms with Gasteiger partial charge in [0, 0.05) is 30.6 Å². The maximum absolute atomic E-state index is 13.4. The Hall–Kier alpha value is -1.92. The normalized spacial score (nSPS) is 48.4. The van der Waals surface area contributed by atoms with Crippen molar-refractivity contribution >= 4 is 17.5 Å². The van der Waals surface area contributed by atoms with Gasteiger partial charge in [0.05, 0.1) is 24.7 Å². The zero-order chi connectivity index (χ0) is 17.1. The number of para-hydroxylation sites is 1. The van der Waals surface area contributed by atoms with Crippen molar-refractivity contribution in [2.24, 2.45) is 23.2 Å². The zero-order valence-corrected chi connectivity index (χ0v) is 13.9. The van der Waals surface area contributed by atoms with Gasteiger partial charge in [0.1, 0.15) is 5.41 Å². The molecule has 2 saturated heterocycles. The third-order valence-corrected chi connectivity index (χ3v) is 7.89. The second kappa shape index (κ2) is 4.07. The summed E-state index contributed by atoms with van der Waals surface area (Å²) in [5.74, 6) is 0.0124. The fraction of sp³-hybridized carbons (Fsp3) is 0.579. The van der Waals surface area contributed by atoms with Crippen LogP contribution in [0.5, 0.6) is 0 Å². The van der Waals surface area contributed by atoms with Gasteiger partial charge in [-0.15, -0.1) is 0 Å². The number of ether oxygens (including phenoxy) is 1. The lowest BCUT2D eigenvalue weighted by Gasteiger charge is -2.53. The van der Waals surface area contributed by atoms with Crippen molar-refractivity contribution in [3.05, 3.63) is 29.8 Å². The number of fused-ring (bicyclic) bond motifs is 5. The second-order valence-corrected chi connectivity index (χ2v) is 8.28. The number of amides is 2. The Bertz CT molecular complexity index is 840. The third kappa shape index (κ3) is 1.17. The van der Waals surface area contributed by atoms with Crippen LogP contribution in [0.15, 0.2) is 24.3 Å². The summed E-state index contributed by atoms with van der Waals surface area (Å²) >= 11 is 0.